The van der Waals surface area contributed by atoms with E-state index in [2.05, 4.69) is 0 Å². The Bertz CT molecular complexity index is 551. The highest BCUT2D eigenvalue weighted by molar-refractivity contribution is 7.10. The Hall–Kier alpha value is -1.85. The van der Waals surface area contributed by atoms with Crippen molar-refractivity contribution in [3.63, 3.8) is 0 Å². The van der Waals surface area contributed by atoms with Crippen LogP contribution in [0, 0.1) is 0 Å². The van der Waals surface area contributed by atoms with Crippen molar-refractivity contribution in [1.29, 1.82) is 0 Å². The van der Waals surface area contributed by atoms with Gasteiger partial charge in [0.05, 0.1) is 6.04 Å². The molecular formula is C13H13NO3S. The SMILES string of the molecule is CC(=O)Oc1ccc([C@H](N)c2cccs2)cc1O. The number of nitrogens with two attached hydrogens (primary N) is 1. The first-order valence-electron chi connectivity index (χ1n) is 5.38. The van der Waals surface area contributed by atoms with Crippen LogP contribution >= 0.6 is 11.3 Å². The van der Waals surface area contributed by atoms with Crippen LogP contribution in [0.4, 0.5) is 0 Å². The Balaban J connectivity index is 2.26. The van der Waals surface area contributed by atoms with Crippen LogP contribution in [0.2, 0.25) is 0 Å². The highest BCUT2D eigenvalue weighted by atomic mass is 32.1. The predicted molar refractivity (Wildman–Crippen MR) is 69.8 cm³/mol. The van der Waals surface area contributed by atoms with Gasteiger partial charge < -0.3 is 15.6 Å². The van der Waals surface area contributed by atoms with Crippen molar-refractivity contribution in [3.8, 4) is 11.5 Å². The number of ether oxygens (including phenoxy) is 1. The third-order valence-corrected chi connectivity index (χ3v) is 3.40. The van der Waals surface area contributed by atoms with E-state index >= 15 is 0 Å². The lowest BCUT2D eigenvalue weighted by Gasteiger charge is -2.12. The molecule has 1 atom stereocenters. The van der Waals surface area contributed by atoms with Crippen LogP contribution in [-0.4, -0.2) is 11.1 Å². The fraction of sp³-hybridized carbons (Fsp3) is 0.154. The molecule has 2 aromatic rings. The molecule has 0 saturated carbocycles. The van der Waals surface area contributed by atoms with E-state index < -0.39 is 5.97 Å². The average Bonchev–Trinajstić information content (AvgIpc) is 2.84. The van der Waals surface area contributed by atoms with Gasteiger partial charge in [0.25, 0.3) is 0 Å². The minimum absolute atomic E-state index is 0.0882. The normalized spacial score (nSPS) is 12.1. The highest BCUT2D eigenvalue weighted by Gasteiger charge is 2.13. The van der Waals surface area contributed by atoms with Gasteiger partial charge in [-0.2, -0.15) is 0 Å². The zero-order valence-corrected chi connectivity index (χ0v) is 10.6. The predicted octanol–water partition coefficient (Wildman–Crippen LogP) is 2.43. The van der Waals surface area contributed by atoms with E-state index in [1.807, 2.05) is 17.5 Å². The molecule has 0 amide bonds. The molecule has 18 heavy (non-hydrogen) atoms. The largest absolute Gasteiger partial charge is 0.504 e. The molecule has 0 spiro atoms. The second-order valence-corrected chi connectivity index (χ2v) is 4.79. The lowest BCUT2D eigenvalue weighted by Crippen LogP contribution is -2.10. The zero-order chi connectivity index (χ0) is 13.1. The summed E-state index contributed by atoms with van der Waals surface area (Å²) in [4.78, 5) is 11.8. The fourth-order valence-corrected chi connectivity index (χ4v) is 2.36. The number of aromatic hydroxyl groups is 1. The van der Waals surface area contributed by atoms with E-state index in [1.165, 1.54) is 13.0 Å². The third kappa shape index (κ3) is 2.69. The lowest BCUT2D eigenvalue weighted by molar-refractivity contribution is -0.132. The number of benzene rings is 1. The molecule has 3 N–H and O–H groups in total. The standard InChI is InChI=1S/C13H13NO3S/c1-8(15)17-11-5-4-9(7-10(11)16)13(14)12-3-2-6-18-12/h2-7,13,16H,14H2,1H3/t13-/m0/s1. The van der Waals surface area contributed by atoms with Gasteiger partial charge in [-0.05, 0) is 29.1 Å². The van der Waals surface area contributed by atoms with Crippen molar-refractivity contribution >= 4 is 17.3 Å². The maximum atomic E-state index is 10.8. The molecule has 1 heterocycles. The van der Waals surface area contributed by atoms with Crippen LogP contribution < -0.4 is 10.5 Å². The van der Waals surface area contributed by atoms with Gasteiger partial charge in [0.15, 0.2) is 11.5 Å². The van der Waals surface area contributed by atoms with Gasteiger partial charge in [-0.15, -0.1) is 11.3 Å². The summed E-state index contributed by atoms with van der Waals surface area (Å²) in [5.74, 6) is -0.417. The van der Waals surface area contributed by atoms with Crippen LogP contribution in [0.3, 0.4) is 0 Å². The summed E-state index contributed by atoms with van der Waals surface area (Å²) in [6, 6.07) is 8.37. The van der Waals surface area contributed by atoms with Crippen molar-refractivity contribution in [2.45, 2.75) is 13.0 Å². The van der Waals surface area contributed by atoms with Crippen molar-refractivity contribution < 1.29 is 14.6 Å². The molecule has 2 rings (SSSR count). The van der Waals surface area contributed by atoms with Gasteiger partial charge in [-0.25, -0.2) is 0 Å². The number of esters is 1. The molecule has 0 saturated heterocycles. The van der Waals surface area contributed by atoms with Gasteiger partial charge in [0.1, 0.15) is 0 Å². The first kappa shape index (κ1) is 12.6. The third-order valence-electron chi connectivity index (χ3n) is 2.45. The van der Waals surface area contributed by atoms with E-state index in [-0.39, 0.29) is 17.5 Å². The molecule has 1 aromatic carbocycles. The van der Waals surface area contributed by atoms with Gasteiger partial charge in [-0.1, -0.05) is 12.1 Å². The van der Waals surface area contributed by atoms with Gasteiger partial charge >= 0.3 is 5.97 Å². The fourth-order valence-electron chi connectivity index (χ4n) is 1.60. The molecule has 0 bridgehead atoms. The van der Waals surface area contributed by atoms with Crippen molar-refractivity contribution in [2.24, 2.45) is 5.73 Å². The number of thiophene rings is 1. The zero-order valence-electron chi connectivity index (χ0n) is 9.79. The molecule has 4 nitrogen and oxygen atoms in total. The lowest BCUT2D eigenvalue weighted by atomic mass is 10.1. The molecule has 0 aliphatic carbocycles. The second kappa shape index (κ2) is 5.20. The maximum absolute atomic E-state index is 10.8. The second-order valence-electron chi connectivity index (χ2n) is 3.81. The van der Waals surface area contributed by atoms with E-state index in [9.17, 15) is 9.90 Å². The molecule has 0 unspecified atom stereocenters. The van der Waals surface area contributed by atoms with E-state index in [1.54, 1.807) is 23.5 Å². The summed E-state index contributed by atoms with van der Waals surface area (Å²) in [5, 5.41) is 11.7. The highest BCUT2D eigenvalue weighted by Crippen LogP contribution is 2.31. The first-order chi connectivity index (χ1) is 8.58. The summed E-state index contributed by atoms with van der Waals surface area (Å²) in [7, 11) is 0. The molecule has 0 aliphatic rings. The summed E-state index contributed by atoms with van der Waals surface area (Å²) in [6.07, 6.45) is 0. The van der Waals surface area contributed by atoms with Crippen LogP contribution in [0.1, 0.15) is 23.4 Å². The first-order valence-corrected chi connectivity index (χ1v) is 6.26. The van der Waals surface area contributed by atoms with Gasteiger partial charge in [0, 0.05) is 11.8 Å². The van der Waals surface area contributed by atoms with Crippen molar-refractivity contribution in [3.05, 3.63) is 46.2 Å². The summed E-state index contributed by atoms with van der Waals surface area (Å²) in [6.45, 7) is 1.28. The monoisotopic (exact) mass is 263 g/mol. The average molecular weight is 263 g/mol. The molecule has 0 aliphatic heterocycles. The number of phenols is 1. The Morgan fingerprint density at radius 1 is 1.44 bits per heavy atom. The molecular weight excluding hydrogens is 250 g/mol. The van der Waals surface area contributed by atoms with Crippen LogP contribution in [0.15, 0.2) is 35.7 Å². The Labute approximate surface area is 109 Å². The molecule has 94 valence electrons. The quantitative estimate of drug-likeness (QED) is 0.659. The molecule has 0 fully saturated rings. The Morgan fingerprint density at radius 2 is 2.22 bits per heavy atom. The van der Waals surface area contributed by atoms with E-state index in [4.69, 9.17) is 10.5 Å². The Morgan fingerprint density at radius 3 is 2.78 bits per heavy atom. The van der Waals surface area contributed by atoms with Gasteiger partial charge in [-0.3, -0.25) is 4.79 Å². The summed E-state index contributed by atoms with van der Waals surface area (Å²) < 4.78 is 4.84. The number of carbonyl (C=O) groups excluding carboxylic acids is 1. The number of hydrogen-bond acceptors (Lipinski definition) is 5. The van der Waals surface area contributed by atoms with Crippen molar-refractivity contribution in [2.75, 3.05) is 0 Å². The van der Waals surface area contributed by atoms with Crippen LogP contribution in [0.5, 0.6) is 11.5 Å². The Kier molecular flexibility index (Phi) is 3.64. The number of hydrogen-bond donors (Lipinski definition) is 2. The number of rotatable bonds is 3. The molecule has 1 aromatic heterocycles. The van der Waals surface area contributed by atoms with Crippen LogP contribution in [0.25, 0.3) is 0 Å². The van der Waals surface area contributed by atoms with Crippen LogP contribution in [-0.2, 0) is 4.79 Å². The number of phenolic OH excluding ortho intramolecular Hbond substituents is 1. The van der Waals surface area contributed by atoms with Gasteiger partial charge in [0.2, 0.25) is 0 Å². The minimum Gasteiger partial charge on any atom is -0.504 e. The topological polar surface area (TPSA) is 72.5 Å². The van der Waals surface area contributed by atoms with E-state index in [0.29, 0.717) is 0 Å². The van der Waals surface area contributed by atoms with E-state index in [0.717, 1.165) is 10.4 Å². The smallest absolute Gasteiger partial charge is 0.308 e. The summed E-state index contributed by atoms with van der Waals surface area (Å²) >= 11 is 1.55. The maximum Gasteiger partial charge on any atom is 0.308 e. The molecule has 0 radical (unpaired) electrons. The summed E-state index contributed by atoms with van der Waals surface area (Å²) in [5.41, 5.74) is 6.84. The van der Waals surface area contributed by atoms with Crippen molar-refractivity contribution in [1.82, 2.24) is 0 Å². The molecule has 5 heteroatoms. The number of carbonyl (C=O) groups is 1. The minimum atomic E-state index is -0.472.